The second-order valence-corrected chi connectivity index (χ2v) is 6.58. The van der Waals surface area contributed by atoms with Gasteiger partial charge in [-0.25, -0.2) is 9.97 Å². The van der Waals surface area contributed by atoms with E-state index in [2.05, 4.69) is 15.0 Å². The number of fused-ring (bicyclic) bond motifs is 1. The molecule has 0 aliphatic carbocycles. The van der Waals surface area contributed by atoms with Gasteiger partial charge in [0.25, 0.3) is 0 Å². The van der Waals surface area contributed by atoms with Gasteiger partial charge < -0.3 is 14.7 Å². The number of hydrogen-bond donors (Lipinski definition) is 1. The highest BCUT2D eigenvalue weighted by Gasteiger charge is 2.35. The summed E-state index contributed by atoms with van der Waals surface area (Å²) in [6.07, 6.45) is -0.977. The van der Waals surface area contributed by atoms with Gasteiger partial charge in [0.2, 0.25) is 5.95 Å². The average Bonchev–Trinajstić information content (AvgIpc) is 2.69. The second kappa shape index (κ2) is 7.23. The number of aliphatic hydroxyl groups is 1. The minimum atomic E-state index is -4.54. The zero-order valence-corrected chi connectivity index (χ0v) is 14.7. The van der Waals surface area contributed by atoms with Gasteiger partial charge in [-0.3, -0.25) is 4.98 Å². The normalized spacial score (nSPS) is 20.4. The summed E-state index contributed by atoms with van der Waals surface area (Å²) in [4.78, 5) is 13.1. The number of halogens is 3. The lowest BCUT2D eigenvalue weighted by molar-refractivity contribution is -0.141. The predicted molar refractivity (Wildman–Crippen MR) is 96.0 cm³/mol. The predicted octanol–water partition coefficient (Wildman–Crippen LogP) is 3.06. The van der Waals surface area contributed by atoms with Crippen molar-refractivity contribution >= 4 is 16.7 Å². The molecule has 146 valence electrons. The molecule has 2 aromatic heterocycles. The highest BCUT2D eigenvalue weighted by atomic mass is 19.4. The Hall–Kier alpha value is -2.94. The van der Waals surface area contributed by atoms with Gasteiger partial charge in [-0.1, -0.05) is 6.07 Å². The maximum absolute atomic E-state index is 12.8. The maximum Gasteiger partial charge on any atom is 0.433 e. The largest absolute Gasteiger partial charge is 0.488 e. The lowest BCUT2D eigenvalue weighted by Crippen LogP contribution is -2.49. The Morgan fingerprint density at radius 3 is 2.75 bits per heavy atom. The van der Waals surface area contributed by atoms with Crippen molar-refractivity contribution in [2.24, 2.45) is 0 Å². The van der Waals surface area contributed by atoms with E-state index in [4.69, 9.17) is 4.74 Å². The molecule has 9 heteroatoms. The van der Waals surface area contributed by atoms with Gasteiger partial charge in [0.15, 0.2) is 0 Å². The van der Waals surface area contributed by atoms with Crippen molar-refractivity contribution in [2.45, 2.75) is 24.8 Å². The van der Waals surface area contributed by atoms with Crippen molar-refractivity contribution in [1.29, 1.82) is 0 Å². The molecular weight excluding hydrogens is 373 g/mol. The first-order valence-corrected chi connectivity index (χ1v) is 8.74. The first-order chi connectivity index (χ1) is 13.4. The summed E-state index contributed by atoms with van der Waals surface area (Å²) >= 11 is 0. The number of nitrogens with zero attached hydrogens (tertiary/aromatic N) is 4. The number of anilines is 1. The fraction of sp³-hybridized carbons (Fsp3) is 0.316. The van der Waals surface area contributed by atoms with Crippen LogP contribution in [0.4, 0.5) is 19.1 Å². The van der Waals surface area contributed by atoms with Crippen LogP contribution in [0.1, 0.15) is 12.1 Å². The van der Waals surface area contributed by atoms with Crippen molar-refractivity contribution in [3.8, 4) is 5.75 Å². The number of hydrogen-bond acceptors (Lipinski definition) is 6. The van der Waals surface area contributed by atoms with E-state index in [1.807, 2.05) is 24.3 Å². The minimum absolute atomic E-state index is 0.0518. The van der Waals surface area contributed by atoms with E-state index in [1.165, 1.54) is 4.90 Å². The molecule has 2 atom stereocenters. The number of alkyl halides is 3. The molecule has 0 saturated carbocycles. The molecule has 3 aromatic rings. The van der Waals surface area contributed by atoms with Crippen molar-refractivity contribution < 1.29 is 23.0 Å². The molecule has 1 aliphatic heterocycles. The summed E-state index contributed by atoms with van der Waals surface area (Å²) in [6.45, 7) is 0.458. The first kappa shape index (κ1) is 18.4. The van der Waals surface area contributed by atoms with Crippen LogP contribution in [0.15, 0.2) is 48.9 Å². The fourth-order valence-electron chi connectivity index (χ4n) is 3.20. The number of aromatic nitrogens is 3. The summed E-state index contributed by atoms with van der Waals surface area (Å²) in [5.74, 6) is 0.553. The number of aliphatic hydroxyl groups excluding tert-OH is 1. The molecule has 0 bridgehead atoms. The zero-order valence-electron chi connectivity index (χ0n) is 14.7. The Morgan fingerprint density at radius 1 is 1.11 bits per heavy atom. The average molecular weight is 390 g/mol. The molecule has 0 amide bonds. The summed E-state index contributed by atoms with van der Waals surface area (Å²) in [5.41, 5.74) is -1.00. The van der Waals surface area contributed by atoms with Crippen LogP contribution in [0.2, 0.25) is 0 Å². The van der Waals surface area contributed by atoms with Gasteiger partial charge in [-0.05, 0) is 29.7 Å². The molecule has 28 heavy (non-hydrogen) atoms. The monoisotopic (exact) mass is 390 g/mol. The number of ether oxygens (including phenoxy) is 1. The first-order valence-electron chi connectivity index (χ1n) is 8.74. The number of β-amino-alcohol motifs (C(OH)–C–C–N with tert-alkyl or cyclic N) is 1. The van der Waals surface area contributed by atoms with Crippen molar-refractivity contribution in [1.82, 2.24) is 15.0 Å². The van der Waals surface area contributed by atoms with Gasteiger partial charge in [0.05, 0.1) is 6.54 Å². The highest BCUT2D eigenvalue weighted by molar-refractivity contribution is 5.82. The molecule has 1 fully saturated rings. The highest BCUT2D eigenvalue weighted by Crippen LogP contribution is 2.29. The summed E-state index contributed by atoms with van der Waals surface area (Å²) < 4.78 is 44.4. The number of rotatable bonds is 3. The molecule has 1 N–H and O–H groups in total. The van der Waals surface area contributed by atoms with Crippen LogP contribution in [0.3, 0.4) is 0 Å². The molecule has 1 aromatic carbocycles. The quantitative estimate of drug-likeness (QED) is 0.741. The molecule has 4 rings (SSSR count). The Kier molecular flexibility index (Phi) is 4.76. The SMILES string of the molecule is O[C@@H]1CN(c2nccc(C(F)(F)F)n2)CC[C@H]1Oc1ccc2ccncc2c1. The molecular formula is C19H17F3N4O2. The maximum atomic E-state index is 12.8. The van der Waals surface area contributed by atoms with E-state index < -0.39 is 24.1 Å². The Bertz CT molecular complexity index is 983. The Labute approximate surface area is 158 Å². The number of benzene rings is 1. The summed E-state index contributed by atoms with van der Waals surface area (Å²) in [7, 11) is 0. The van der Waals surface area contributed by atoms with E-state index >= 15 is 0 Å². The lowest BCUT2D eigenvalue weighted by atomic mass is 10.0. The molecule has 0 radical (unpaired) electrons. The third-order valence-corrected chi connectivity index (χ3v) is 4.64. The second-order valence-electron chi connectivity index (χ2n) is 6.58. The third-order valence-electron chi connectivity index (χ3n) is 4.64. The molecule has 1 saturated heterocycles. The van der Waals surface area contributed by atoms with Crippen molar-refractivity contribution in [2.75, 3.05) is 18.0 Å². The van der Waals surface area contributed by atoms with E-state index in [9.17, 15) is 18.3 Å². The van der Waals surface area contributed by atoms with Crippen LogP contribution >= 0.6 is 0 Å². The lowest BCUT2D eigenvalue weighted by Gasteiger charge is -2.36. The van der Waals surface area contributed by atoms with Crippen LogP contribution < -0.4 is 9.64 Å². The number of pyridine rings is 1. The molecule has 3 heterocycles. The van der Waals surface area contributed by atoms with Crippen LogP contribution in [-0.2, 0) is 6.18 Å². The van der Waals surface area contributed by atoms with Crippen molar-refractivity contribution in [3.63, 3.8) is 0 Å². The van der Waals surface area contributed by atoms with Crippen LogP contribution in [0.5, 0.6) is 5.75 Å². The molecule has 0 spiro atoms. The minimum Gasteiger partial charge on any atom is -0.488 e. The van der Waals surface area contributed by atoms with Gasteiger partial charge >= 0.3 is 6.18 Å². The number of piperidine rings is 1. The molecule has 1 aliphatic rings. The van der Waals surface area contributed by atoms with Crippen LogP contribution in [0, 0.1) is 0 Å². The van der Waals surface area contributed by atoms with Crippen molar-refractivity contribution in [3.05, 3.63) is 54.6 Å². The van der Waals surface area contributed by atoms with Gasteiger partial charge in [-0.15, -0.1) is 0 Å². The van der Waals surface area contributed by atoms with Gasteiger partial charge in [0.1, 0.15) is 23.7 Å². The van der Waals surface area contributed by atoms with Crippen LogP contribution in [0.25, 0.3) is 10.8 Å². The standard InChI is InChI=1S/C19H17F3N4O2/c20-19(21,22)17-4-7-24-18(25-17)26-8-5-16(15(27)11-26)28-14-2-1-12-3-6-23-10-13(12)9-14/h1-4,6-7,9-10,15-16,27H,5,8,11H2/t15-,16-/m1/s1. The van der Waals surface area contributed by atoms with E-state index in [0.29, 0.717) is 18.7 Å². The summed E-state index contributed by atoms with van der Waals surface area (Å²) in [6, 6.07) is 8.28. The van der Waals surface area contributed by atoms with E-state index in [0.717, 1.165) is 23.0 Å². The third kappa shape index (κ3) is 3.84. The van der Waals surface area contributed by atoms with E-state index in [-0.39, 0.29) is 12.5 Å². The Morgan fingerprint density at radius 2 is 1.96 bits per heavy atom. The van der Waals surface area contributed by atoms with Gasteiger partial charge in [0, 0.05) is 36.9 Å². The molecule has 0 unspecified atom stereocenters. The zero-order chi connectivity index (χ0) is 19.7. The fourth-order valence-corrected chi connectivity index (χ4v) is 3.20. The topological polar surface area (TPSA) is 71.4 Å². The van der Waals surface area contributed by atoms with E-state index in [1.54, 1.807) is 12.4 Å². The smallest absolute Gasteiger partial charge is 0.433 e. The van der Waals surface area contributed by atoms with Gasteiger partial charge in [-0.2, -0.15) is 13.2 Å². The Balaban J connectivity index is 1.45. The molecule has 6 nitrogen and oxygen atoms in total. The van der Waals surface area contributed by atoms with Crippen LogP contribution in [-0.4, -0.2) is 45.4 Å². The summed E-state index contributed by atoms with van der Waals surface area (Å²) in [5, 5.41) is 12.4.